The number of sulfonamides is 1. The normalized spacial score (nSPS) is 11.4. The third-order valence-electron chi connectivity index (χ3n) is 2.55. The van der Waals surface area contributed by atoms with E-state index in [1.807, 2.05) is 6.92 Å². The molecule has 112 valence electrons. The van der Waals surface area contributed by atoms with Crippen molar-refractivity contribution < 1.29 is 17.9 Å². The zero-order valence-electron chi connectivity index (χ0n) is 10.9. The fourth-order valence-corrected chi connectivity index (χ4v) is 2.99. The summed E-state index contributed by atoms with van der Waals surface area (Å²) in [6.07, 6.45) is 2.62. The quantitative estimate of drug-likeness (QED) is 0.637. The van der Waals surface area contributed by atoms with Gasteiger partial charge in [0.15, 0.2) is 0 Å². The maximum atomic E-state index is 11.9. The van der Waals surface area contributed by atoms with Gasteiger partial charge in [0.25, 0.3) is 0 Å². The fraction of sp³-hybridized carbons (Fsp3) is 0.417. The molecular weight excluding hydrogens is 325 g/mol. The van der Waals surface area contributed by atoms with Gasteiger partial charge in [0.05, 0.1) is 22.2 Å². The van der Waals surface area contributed by atoms with Crippen molar-refractivity contribution in [3.8, 4) is 0 Å². The first-order valence-corrected chi connectivity index (χ1v) is 8.27. The lowest BCUT2D eigenvalue weighted by molar-refractivity contribution is 0.0498. The Morgan fingerprint density at radius 2 is 1.95 bits per heavy atom. The van der Waals surface area contributed by atoms with Gasteiger partial charge < -0.3 is 4.74 Å². The maximum absolute atomic E-state index is 11.9. The summed E-state index contributed by atoms with van der Waals surface area (Å²) in [5.74, 6) is -0.762. The monoisotopic (exact) mass is 339 g/mol. The first kappa shape index (κ1) is 17.2. The van der Waals surface area contributed by atoms with Crippen LogP contribution in [0.3, 0.4) is 0 Å². The number of esters is 1. The van der Waals surface area contributed by atoms with E-state index in [0.29, 0.717) is 6.42 Å². The summed E-state index contributed by atoms with van der Waals surface area (Å²) in [6, 6.07) is 2.39. The van der Waals surface area contributed by atoms with E-state index in [0.717, 1.165) is 18.9 Å². The van der Waals surface area contributed by atoms with E-state index >= 15 is 0 Å². The molecule has 0 fully saturated rings. The van der Waals surface area contributed by atoms with E-state index in [1.54, 1.807) is 0 Å². The number of primary sulfonamides is 1. The number of hydrogen-bond acceptors (Lipinski definition) is 4. The van der Waals surface area contributed by atoms with Crippen molar-refractivity contribution in [1.29, 1.82) is 0 Å². The molecule has 0 saturated heterocycles. The van der Waals surface area contributed by atoms with Crippen LogP contribution in [-0.2, 0) is 14.8 Å². The standard InChI is InChI=1S/C12H15Cl2NO4S/c1-2-3-4-7-19-12(16)10-8(13)5-6-9(11(10)14)20(15,17)18/h5-6H,2-4,7H2,1H3,(H2,15,17,18). The lowest BCUT2D eigenvalue weighted by atomic mass is 10.2. The van der Waals surface area contributed by atoms with Crippen molar-refractivity contribution in [3.05, 3.63) is 27.7 Å². The van der Waals surface area contributed by atoms with Crippen LogP contribution >= 0.6 is 23.2 Å². The smallest absolute Gasteiger partial charge is 0.341 e. The number of nitrogens with two attached hydrogens (primary N) is 1. The summed E-state index contributed by atoms with van der Waals surface area (Å²) < 4.78 is 27.7. The van der Waals surface area contributed by atoms with Gasteiger partial charge in [0.2, 0.25) is 10.0 Å². The number of carbonyl (C=O) groups is 1. The Morgan fingerprint density at radius 3 is 2.50 bits per heavy atom. The molecule has 0 spiro atoms. The Balaban J connectivity index is 3.03. The van der Waals surface area contributed by atoms with Gasteiger partial charge in [-0.15, -0.1) is 0 Å². The third kappa shape index (κ3) is 4.34. The topological polar surface area (TPSA) is 86.5 Å². The zero-order valence-corrected chi connectivity index (χ0v) is 13.2. The highest BCUT2D eigenvalue weighted by molar-refractivity contribution is 7.89. The number of unbranched alkanes of at least 4 members (excludes halogenated alkanes) is 2. The minimum Gasteiger partial charge on any atom is -0.462 e. The highest BCUT2D eigenvalue weighted by Crippen LogP contribution is 2.31. The Labute approximate surface area is 128 Å². The lowest BCUT2D eigenvalue weighted by Gasteiger charge is -2.10. The number of hydrogen-bond donors (Lipinski definition) is 1. The summed E-state index contributed by atoms with van der Waals surface area (Å²) in [4.78, 5) is 11.5. The van der Waals surface area contributed by atoms with Crippen molar-refractivity contribution in [3.63, 3.8) is 0 Å². The van der Waals surface area contributed by atoms with Gasteiger partial charge in [-0.2, -0.15) is 0 Å². The molecule has 2 N–H and O–H groups in total. The summed E-state index contributed by atoms with van der Waals surface area (Å²) in [6.45, 7) is 2.24. The van der Waals surface area contributed by atoms with Crippen LogP contribution in [0.2, 0.25) is 10.0 Å². The van der Waals surface area contributed by atoms with Crippen LogP contribution < -0.4 is 5.14 Å². The molecule has 1 aromatic carbocycles. The van der Waals surface area contributed by atoms with Crippen molar-refractivity contribution in [2.45, 2.75) is 31.1 Å². The van der Waals surface area contributed by atoms with Crippen LogP contribution in [0, 0.1) is 0 Å². The predicted octanol–water partition coefficient (Wildman–Crippen LogP) is 2.99. The third-order valence-corrected chi connectivity index (χ3v) is 4.32. The van der Waals surface area contributed by atoms with Crippen molar-refractivity contribution in [2.24, 2.45) is 5.14 Å². The van der Waals surface area contributed by atoms with Gasteiger partial charge in [-0.05, 0) is 18.6 Å². The maximum Gasteiger partial charge on any atom is 0.341 e. The highest BCUT2D eigenvalue weighted by Gasteiger charge is 2.23. The molecule has 0 aliphatic carbocycles. The molecule has 0 amide bonds. The van der Waals surface area contributed by atoms with Crippen LogP contribution in [0.1, 0.15) is 36.5 Å². The Hall–Kier alpha value is -0.820. The van der Waals surface area contributed by atoms with Crippen LogP contribution in [-0.4, -0.2) is 21.0 Å². The molecule has 1 aromatic rings. The molecule has 20 heavy (non-hydrogen) atoms. The van der Waals surface area contributed by atoms with E-state index in [9.17, 15) is 13.2 Å². The van der Waals surface area contributed by atoms with E-state index < -0.39 is 16.0 Å². The second kappa shape index (κ2) is 7.26. The molecule has 5 nitrogen and oxygen atoms in total. The number of carbonyl (C=O) groups excluding carboxylic acids is 1. The molecule has 0 radical (unpaired) electrons. The minimum atomic E-state index is -4.03. The van der Waals surface area contributed by atoms with E-state index in [4.69, 9.17) is 33.1 Å². The second-order valence-electron chi connectivity index (χ2n) is 4.12. The molecule has 0 atom stereocenters. The number of benzene rings is 1. The zero-order chi connectivity index (χ0) is 15.3. The van der Waals surface area contributed by atoms with Gasteiger partial charge in [0, 0.05) is 0 Å². The SMILES string of the molecule is CCCCCOC(=O)c1c(Cl)ccc(S(N)(=O)=O)c1Cl. The second-order valence-corrected chi connectivity index (χ2v) is 6.44. The van der Waals surface area contributed by atoms with Crippen LogP contribution in [0.15, 0.2) is 17.0 Å². The number of ether oxygens (including phenoxy) is 1. The highest BCUT2D eigenvalue weighted by atomic mass is 35.5. The number of halogens is 2. The lowest BCUT2D eigenvalue weighted by Crippen LogP contribution is -2.15. The molecule has 0 heterocycles. The molecule has 0 aliphatic rings. The molecule has 0 aromatic heterocycles. The summed E-state index contributed by atoms with van der Waals surface area (Å²) >= 11 is 11.8. The molecule has 0 saturated carbocycles. The Morgan fingerprint density at radius 1 is 1.30 bits per heavy atom. The van der Waals surface area contributed by atoms with Crippen LogP contribution in [0.25, 0.3) is 0 Å². The van der Waals surface area contributed by atoms with E-state index in [-0.39, 0.29) is 27.1 Å². The van der Waals surface area contributed by atoms with Crippen molar-refractivity contribution >= 4 is 39.2 Å². The molecule has 0 bridgehead atoms. The first-order valence-electron chi connectivity index (χ1n) is 5.97. The molecule has 0 aliphatic heterocycles. The van der Waals surface area contributed by atoms with Crippen LogP contribution in [0.5, 0.6) is 0 Å². The summed E-state index contributed by atoms with van der Waals surface area (Å²) in [7, 11) is -4.03. The molecule has 8 heteroatoms. The fourth-order valence-electron chi connectivity index (χ4n) is 1.53. The van der Waals surface area contributed by atoms with Crippen molar-refractivity contribution in [1.82, 2.24) is 0 Å². The first-order chi connectivity index (χ1) is 9.29. The van der Waals surface area contributed by atoms with Gasteiger partial charge in [-0.25, -0.2) is 18.4 Å². The molecular formula is C12H15Cl2NO4S. The Kier molecular flexibility index (Phi) is 6.26. The summed E-state index contributed by atoms with van der Waals surface area (Å²) in [5, 5.41) is 4.71. The molecule has 1 rings (SSSR count). The average molecular weight is 340 g/mol. The van der Waals surface area contributed by atoms with Crippen LogP contribution in [0.4, 0.5) is 0 Å². The Bertz CT molecular complexity index is 602. The van der Waals surface area contributed by atoms with Gasteiger partial charge in [-0.1, -0.05) is 43.0 Å². The summed E-state index contributed by atoms with van der Waals surface area (Å²) in [5.41, 5.74) is -0.184. The van der Waals surface area contributed by atoms with E-state index in [1.165, 1.54) is 6.07 Å². The largest absolute Gasteiger partial charge is 0.462 e. The van der Waals surface area contributed by atoms with Gasteiger partial charge in [-0.3, -0.25) is 0 Å². The van der Waals surface area contributed by atoms with E-state index in [2.05, 4.69) is 0 Å². The predicted molar refractivity (Wildman–Crippen MR) is 77.6 cm³/mol. The van der Waals surface area contributed by atoms with Gasteiger partial charge in [0.1, 0.15) is 4.90 Å². The molecule has 0 unspecified atom stereocenters. The minimum absolute atomic E-state index is 0.0166. The average Bonchev–Trinajstić information content (AvgIpc) is 2.33. The van der Waals surface area contributed by atoms with Crippen molar-refractivity contribution in [2.75, 3.05) is 6.61 Å². The van der Waals surface area contributed by atoms with Gasteiger partial charge >= 0.3 is 5.97 Å². The number of rotatable bonds is 6.